The topological polar surface area (TPSA) is 37.3 Å². The molecule has 0 aliphatic carbocycles. The molecular weight excluding hydrogens is 198 g/mol. The van der Waals surface area contributed by atoms with Crippen molar-refractivity contribution >= 4 is 16.9 Å². The Morgan fingerprint density at radius 2 is 1.92 bits per heavy atom. The monoisotopic (exact) mass is 213 g/mol. The number of hydrogen-bond donors (Lipinski definition) is 1. The Labute approximate surface area is 84.1 Å². The number of carbonyl (C=O) groups is 1. The van der Waals surface area contributed by atoms with E-state index in [0.717, 1.165) is 11.8 Å². The third-order valence-corrected chi connectivity index (χ3v) is 1.76. The first kappa shape index (κ1) is 14.7. The van der Waals surface area contributed by atoms with E-state index in [9.17, 15) is 9.90 Å². The summed E-state index contributed by atoms with van der Waals surface area (Å²) in [6, 6.07) is 0. The molecule has 0 saturated carbocycles. The first-order chi connectivity index (χ1) is 4.81. The first-order valence-corrected chi connectivity index (χ1v) is 4.35. The Hall–Kier alpha value is 0.230. The van der Waals surface area contributed by atoms with Gasteiger partial charge in [-0.3, -0.25) is 4.79 Å². The predicted molar refractivity (Wildman–Crippen MR) is 47.2 cm³/mol. The van der Waals surface area contributed by atoms with Crippen LogP contribution in [0.3, 0.4) is 0 Å². The maximum atomic E-state index is 10.5. The Morgan fingerprint density at radius 1 is 1.50 bits per heavy atom. The highest BCUT2D eigenvalue weighted by Crippen LogP contribution is 2.11. The van der Waals surface area contributed by atoms with Crippen LogP contribution < -0.4 is 12.4 Å². The Morgan fingerprint density at radius 3 is 2.17 bits per heavy atom. The largest absolute Gasteiger partial charge is 1.00 e. The molecule has 0 unspecified atom stereocenters. The molecule has 0 bridgehead atoms. The molecule has 0 saturated heterocycles. The van der Waals surface area contributed by atoms with Gasteiger partial charge in [-0.15, -0.1) is 0 Å². The summed E-state index contributed by atoms with van der Waals surface area (Å²) in [7, 11) is 5.93. The minimum atomic E-state index is -0.576. The number of aliphatic hydroxyl groups is 1. The number of likely N-dealkylation sites (N-methyl/N-ethyl adjacent to an activating group) is 1. The lowest BCUT2D eigenvalue weighted by atomic mass is 10.5. The van der Waals surface area contributed by atoms with Crippen molar-refractivity contribution < 1.29 is 26.8 Å². The van der Waals surface area contributed by atoms with E-state index >= 15 is 0 Å². The van der Waals surface area contributed by atoms with E-state index in [2.05, 4.69) is 0 Å². The van der Waals surface area contributed by atoms with Gasteiger partial charge in [0.05, 0.1) is 21.1 Å². The van der Waals surface area contributed by atoms with Gasteiger partial charge in [0.15, 0.2) is 10.6 Å². The third kappa shape index (κ3) is 10.2. The fourth-order valence-electron chi connectivity index (χ4n) is 0.697. The molecule has 74 valence electrons. The summed E-state index contributed by atoms with van der Waals surface area (Å²) in [5.41, 5.74) is -0.576. The Kier molecular flexibility index (Phi) is 7.13. The van der Waals surface area contributed by atoms with Crippen LogP contribution in [0.2, 0.25) is 0 Å². The van der Waals surface area contributed by atoms with Crippen molar-refractivity contribution in [2.45, 2.75) is 12.4 Å². The van der Waals surface area contributed by atoms with Crippen molar-refractivity contribution in [3.05, 3.63) is 0 Å². The van der Waals surface area contributed by atoms with Gasteiger partial charge in [0.2, 0.25) is 0 Å². The SMILES string of the molecule is CC(=O)S[C@H](O)C[N+](C)(C)C.[Cl-]. The van der Waals surface area contributed by atoms with Crippen LogP contribution in [0, 0.1) is 0 Å². The molecule has 0 aromatic rings. The van der Waals surface area contributed by atoms with E-state index < -0.39 is 5.44 Å². The maximum Gasteiger partial charge on any atom is 0.188 e. The van der Waals surface area contributed by atoms with E-state index in [0.29, 0.717) is 11.0 Å². The van der Waals surface area contributed by atoms with Gasteiger partial charge in [-0.25, -0.2) is 0 Å². The van der Waals surface area contributed by atoms with Crippen LogP contribution in [-0.2, 0) is 4.79 Å². The highest BCUT2D eigenvalue weighted by atomic mass is 35.5. The first-order valence-electron chi connectivity index (χ1n) is 3.47. The van der Waals surface area contributed by atoms with Crippen molar-refractivity contribution in [2.24, 2.45) is 0 Å². The highest BCUT2D eigenvalue weighted by Gasteiger charge is 2.16. The number of hydrogen-bond acceptors (Lipinski definition) is 3. The number of rotatable bonds is 3. The number of quaternary nitrogens is 1. The second kappa shape index (κ2) is 5.80. The fourth-order valence-corrected chi connectivity index (χ4v) is 1.60. The normalized spacial score (nSPS) is 13.4. The van der Waals surface area contributed by atoms with E-state index in [4.69, 9.17) is 0 Å². The second-order valence-electron chi connectivity index (χ2n) is 3.54. The Balaban J connectivity index is 0. The molecule has 3 nitrogen and oxygen atoms in total. The van der Waals surface area contributed by atoms with Crippen LogP contribution in [0.15, 0.2) is 0 Å². The molecule has 1 atom stereocenters. The molecule has 5 heteroatoms. The lowest BCUT2D eigenvalue weighted by Crippen LogP contribution is -3.00. The maximum absolute atomic E-state index is 10.5. The molecular formula is C7H16ClNO2S. The van der Waals surface area contributed by atoms with E-state index in [1.807, 2.05) is 21.1 Å². The fraction of sp³-hybridized carbons (Fsp3) is 0.857. The molecule has 0 spiro atoms. The number of carbonyl (C=O) groups excluding carboxylic acids is 1. The van der Waals surface area contributed by atoms with E-state index in [1.165, 1.54) is 6.92 Å². The van der Waals surface area contributed by atoms with E-state index in [-0.39, 0.29) is 17.5 Å². The zero-order valence-corrected chi connectivity index (χ0v) is 9.45. The number of nitrogens with zero attached hydrogens (tertiary/aromatic N) is 1. The van der Waals surface area contributed by atoms with Gasteiger partial charge in [0.1, 0.15) is 6.54 Å². The van der Waals surface area contributed by atoms with Gasteiger partial charge >= 0.3 is 0 Å². The molecule has 12 heavy (non-hydrogen) atoms. The molecule has 0 heterocycles. The molecule has 0 radical (unpaired) electrons. The summed E-state index contributed by atoms with van der Waals surface area (Å²) in [5, 5.41) is 9.25. The summed E-state index contributed by atoms with van der Waals surface area (Å²) in [5.74, 6) is 0. The van der Waals surface area contributed by atoms with Crippen molar-refractivity contribution in [1.82, 2.24) is 0 Å². The lowest BCUT2D eigenvalue weighted by molar-refractivity contribution is -0.871. The molecule has 0 fully saturated rings. The molecule has 0 aromatic carbocycles. The predicted octanol–water partition coefficient (Wildman–Crippen LogP) is -2.71. The van der Waals surface area contributed by atoms with Crippen LogP contribution in [0.1, 0.15) is 6.92 Å². The van der Waals surface area contributed by atoms with Crippen LogP contribution in [0.4, 0.5) is 0 Å². The average Bonchev–Trinajstić information content (AvgIpc) is 1.53. The third-order valence-electron chi connectivity index (χ3n) is 1.01. The minimum Gasteiger partial charge on any atom is -1.00 e. The van der Waals surface area contributed by atoms with Crippen LogP contribution >= 0.6 is 11.8 Å². The molecule has 1 N–H and O–H groups in total. The standard InChI is InChI=1S/C7H16NO2S.ClH/c1-6(9)11-7(10)5-8(2,3)4;/h7,10H,5H2,1-4H3;1H/q+1;/p-1/t7-;/m0./s1. The zero-order valence-electron chi connectivity index (χ0n) is 7.87. The molecule has 0 amide bonds. The summed E-state index contributed by atoms with van der Waals surface area (Å²) >= 11 is 0.982. The summed E-state index contributed by atoms with van der Waals surface area (Å²) in [6.07, 6.45) is 0. The van der Waals surface area contributed by atoms with Gasteiger partial charge < -0.3 is 22.0 Å². The smallest absolute Gasteiger partial charge is 0.188 e. The van der Waals surface area contributed by atoms with Crippen molar-refractivity contribution in [1.29, 1.82) is 0 Å². The van der Waals surface area contributed by atoms with Gasteiger partial charge in [0, 0.05) is 6.92 Å². The zero-order chi connectivity index (χ0) is 9.07. The minimum absolute atomic E-state index is 0. The second-order valence-corrected chi connectivity index (χ2v) is 4.89. The molecule has 0 rings (SSSR count). The van der Waals surface area contributed by atoms with Gasteiger partial charge in [-0.05, 0) is 0 Å². The average molecular weight is 214 g/mol. The summed E-state index contributed by atoms with van der Waals surface area (Å²) in [6.45, 7) is 2.05. The summed E-state index contributed by atoms with van der Waals surface area (Å²) in [4.78, 5) is 10.5. The van der Waals surface area contributed by atoms with Crippen LogP contribution in [0.25, 0.3) is 0 Å². The molecule has 0 aliphatic rings. The highest BCUT2D eigenvalue weighted by molar-refractivity contribution is 8.13. The van der Waals surface area contributed by atoms with Crippen LogP contribution in [-0.4, -0.2) is 47.8 Å². The number of thioether (sulfide) groups is 1. The van der Waals surface area contributed by atoms with Gasteiger partial charge in [-0.1, -0.05) is 11.8 Å². The van der Waals surface area contributed by atoms with Crippen molar-refractivity contribution in [2.75, 3.05) is 27.7 Å². The van der Waals surface area contributed by atoms with E-state index in [1.54, 1.807) is 0 Å². The van der Waals surface area contributed by atoms with Gasteiger partial charge in [-0.2, -0.15) is 0 Å². The molecule has 0 aliphatic heterocycles. The van der Waals surface area contributed by atoms with Crippen LogP contribution in [0.5, 0.6) is 0 Å². The summed E-state index contributed by atoms with van der Waals surface area (Å²) < 4.78 is 0.668. The van der Waals surface area contributed by atoms with Crippen molar-refractivity contribution in [3.8, 4) is 0 Å². The number of aliphatic hydroxyl groups excluding tert-OH is 1. The number of halogens is 1. The Bertz CT molecular complexity index is 147. The molecule has 0 aromatic heterocycles. The quantitative estimate of drug-likeness (QED) is 0.410. The lowest BCUT2D eigenvalue weighted by Gasteiger charge is -2.25. The van der Waals surface area contributed by atoms with Gasteiger partial charge in [0.25, 0.3) is 0 Å². The van der Waals surface area contributed by atoms with Crippen molar-refractivity contribution in [3.63, 3.8) is 0 Å².